The fraction of sp³-hybridized carbons (Fsp3) is 0.208. The largest absolute Gasteiger partial charge is 0.468 e. The van der Waals surface area contributed by atoms with Crippen molar-refractivity contribution < 1.29 is 17.6 Å². The molecule has 0 radical (unpaired) electrons. The summed E-state index contributed by atoms with van der Waals surface area (Å²) in [5, 5.41) is 6.89. The highest BCUT2D eigenvalue weighted by Gasteiger charge is 2.27. The van der Waals surface area contributed by atoms with Crippen LogP contribution in [0.1, 0.15) is 22.5 Å². The fourth-order valence-electron chi connectivity index (χ4n) is 3.34. The van der Waals surface area contributed by atoms with Crippen LogP contribution < -0.4 is 5.32 Å². The topological polar surface area (TPSA) is 110 Å². The summed E-state index contributed by atoms with van der Waals surface area (Å²) in [6.07, 6.45) is 4.60. The summed E-state index contributed by atoms with van der Waals surface area (Å²) in [7, 11) is -3.90. The van der Waals surface area contributed by atoms with Gasteiger partial charge in [-0.2, -0.15) is 9.40 Å². The normalized spacial score (nSPS) is 11.6. The fourth-order valence-corrected chi connectivity index (χ4v) is 4.70. The second kappa shape index (κ2) is 10.4. The Morgan fingerprint density at radius 2 is 1.79 bits per heavy atom. The summed E-state index contributed by atoms with van der Waals surface area (Å²) in [6.45, 7) is 2.38. The van der Waals surface area contributed by atoms with E-state index in [1.165, 1.54) is 12.6 Å². The number of nitrogens with one attached hydrogen (secondary N) is 1. The number of aromatic nitrogens is 3. The van der Waals surface area contributed by atoms with Crippen LogP contribution >= 0.6 is 0 Å². The molecule has 1 amide bonds. The highest BCUT2D eigenvalue weighted by atomic mass is 32.2. The predicted octanol–water partition coefficient (Wildman–Crippen LogP) is 2.74. The Kier molecular flexibility index (Phi) is 7.19. The van der Waals surface area contributed by atoms with Gasteiger partial charge in [0, 0.05) is 6.54 Å². The Morgan fingerprint density at radius 3 is 2.44 bits per heavy atom. The number of rotatable bonds is 10. The summed E-state index contributed by atoms with van der Waals surface area (Å²) in [5.74, 6) is 0.0420. The number of nitrogens with zero attached hydrogens (tertiary/aromatic N) is 4. The molecule has 0 fully saturated rings. The van der Waals surface area contributed by atoms with Gasteiger partial charge < -0.3 is 9.73 Å². The SMILES string of the molecule is Cc1ccc(S(=O)(=O)N(CC(=O)NCc2ccc(Cn3cncn3)cc2)Cc2ccco2)cc1. The number of aryl methyl sites for hydroxylation is 1. The van der Waals surface area contributed by atoms with Crippen molar-refractivity contribution in [3.05, 3.63) is 102 Å². The average Bonchev–Trinajstić information content (AvgIpc) is 3.53. The van der Waals surface area contributed by atoms with Crippen LogP contribution in [0, 0.1) is 6.92 Å². The lowest BCUT2D eigenvalue weighted by Gasteiger charge is -2.21. The number of sulfonamides is 1. The van der Waals surface area contributed by atoms with Crippen LogP contribution in [-0.4, -0.2) is 39.9 Å². The number of carbonyl (C=O) groups excluding carboxylic acids is 1. The Hall–Kier alpha value is -3.76. The lowest BCUT2D eigenvalue weighted by Crippen LogP contribution is -2.40. The molecular formula is C24H25N5O4S. The van der Waals surface area contributed by atoms with Gasteiger partial charge >= 0.3 is 0 Å². The molecule has 4 aromatic rings. The van der Waals surface area contributed by atoms with Crippen molar-refractivity contribution in [3.63, 3.8) is 0 Å². The molecule has 1 N–H and O–H groups in total. The number of amides is 1. The van der Waals surface area contributed by atoms with Crippen LogP contribution in [-0.2, 0) is 34.5 Å². The number of benzene rings is 2. The molecule has 2 heterocycles. The molecular weight excluding hydrogens is 454 g/mol. The van der Waals surface area contributed by atoms with Crippen LogP contribution in [0.5, 0.6) is 0 Å². The zero-order valence-electron chi connectivity index (χ0n) is 18.7. The lowest BCUT2D eigenvalue weighted by molar-refractivity contribution is -0.121. The minimum Gasteiger partial charge on any atom is -0.468 e. The van der Waals surface area contributed by atoms with Gasteiger partial charge in [-0.1, -0.05) is 42.0 Å². The Balaban J connectivity index is 1.40. The first-order chi connectivity index (χ1) is 16.4. The summed E-state index contributed by atoms with van der Waals surface area (Å²) < 4.78 is 34.6. The Bertz CT molecular complexity index is 1300. The molecule has 0 spiro atoms. The van der Waals surface area contributed by atoms with Gasteiger partial charge in [0.1, 0.15) is 18.4 Å². The minimum absolute atomic E-state index is 0.0480. The molecule has 0 saturated carbocycles. The molecule has 2 aromatic carbocycles. The summed E-state index contributed by atoms with van der Waals surface area (Å²) >= 11 is 0. The molecule has 0 unspecified atom stereocenters. The highest BCUT2D eigenvalue weighted by Crippen LogP contribution is 2.19. The van der Waals surface area contributed by atoms with E-state index in [4.69, 9.17) is 4.42 Å². The van der Waals surface area contributed by atoms with Gasteiger partial charge in [0.2, 0.25) is 15.9 Å². The number of hydrogen-bond acceptors (Lipinski definition) is 6. The maximum Gasteiger partial charge on any atom is 0.243 e. The Labute approximate surface area is 198 Å². The van der Waals surface area contributed by atoms with Gasteiger partial charge in [-0.3, -0.25) is 4.79 Å². The quantitative estimate of drug-likeness (QED) is 0.375. The molecule has 0 saturated heterocycles. The van der Waals surface area contributed by atoms with Gasteiger partial charge in [-0.25, -0.2) is 18.1 Å². The second-order valence-corrected chi connectivity index (χ2v) is 9.79. The van der Waals surface area contributed by atoms with E-state index in [0.717, 1.165) is 21.0 Å². The summed E-state index contributed by atoms with van der Waals surface area (Å²) in [6, 6.07) is 17.6. The van der Waals surface area contributed by atoms with Gasteiger partial charge in [0.25, 0.3) is 0 Å². The third-order valence-corrected chi connectivity index (χ3v) is 7.02. The van der Waals surface area contributed by atoms with Crippen molar-refractivity contribution in [1.29, 1.82) is 0 Å². The van der Waals surface area contributed by atoms with E-state index in [1.807, 2.05) is 31.2 Å². The lowest BCUT2D eigenvalue weighted by atomic mass is 10.1. The van der Waals surface area contributed by atoms with Crippen LogP contribution in [0.2, 0.25) is 0 Å². The highest BCUT2D eigenvalue weighted by molar-refractivity contribution is 7.89. The van der Waals surface area contributed by atoms with Crippen LogP contribution in [0.4, 0.5) is 0 Å². The van der Waals surface area contributed by atoms with Crippen molar-refractivity contribution >= 4 is 15.9 Å². The van der Waals surface area contributed by atoms with E-state index >= 15 is 0 Å². The second-order valence-electron chi connectivity index (χ2n) is 7.85. The first kappa shape index (κ1) is 23.4. The van der Waals surface area contributed by atoms with Gasteiger partial charge in [-0.05, 0) is 42.3 Å². The first-order valence-electron chi connectivity index (χ1n) is 10.7. The van der Waals surface area contributed by atoms with Gasteiger partial charge in [0.15, 0.2) is 0 Å². The zero-order chi connectivity index (χ0) is 24.0. The van der Waals surface area contributed by atoms with Crippen molar-refractivity contribution in [2.24, 2.45) is 0 Å². The number of carbonyl (C=O) groups is 1. The van der Waals surface area contributed by atoms with E-state index in [9.17, 15) is 13.2 Å². The van der Waals surface area contributed by atoms with E-state index in [1.54, 1.807) is 47.4 Å². The zero-order valence-corrected chi connectivity index (χ0v) is 19.5. The molecule has 176 valence electrons. The smallest absolute Gasteiger partial charge is 0.243 e. The molecule has 0 atom stereocenters. The standard InChI is InChI=1S/C24H25N5O4S/c1-19-4-10-23(11-5-19)34(31,32)29(15-22-3-2-12-33-22)16-24(30)26-13-20-6-8-21(9-7-20)14-28-18-25-17-27-28/h2-12,17-18H,13-16H2,1H3,(H,26,30). The molecule has 0 aliphatic rings. The van der Waals surface area contributed by atoms with E-state index < -0.39 is 15.9 Å². The third kappa shape index (κ3) is 5.97. The van der Waals surface area contributed by atoms with Crippen LogP contribution in [0.15, 0.2) is 88.9 Å². The molecule has 34 heavy (non-hydrogen) atoms. The number of hydrogen-bond donors (Lipinski definition) is 1. The number of furan rings is 1. The molecule has 9 nitrogen and oxygen atoms in total. The van der Waals surface area contributed by atoms with Gasteiger partial charge in [-0.15, -0.1) is 0 Å². The Morgan fingerprint density at radius 1 is 1.06 bits per heavy atom. The third-order valence-electron chi connectivity index (χ3n) is 5.21. The van der Waals surface area contributed by atoms with Crippen molar-refractivity contribution in [2.75, 3.05) is 6.54 Å². The maximum atomic E-state index is 13.2. The van der Waals surface area contributed by atoms with Crippen molar-refractivity contribution in [1.82, 2.24) is 24.4 Å². The molecule has 4 rings (SSSR count). The molecule has 0 aliphatic carbocycles. The van der Waals surface area contributed by atoms with E-state index in [0.29, 0.717) is 12.3 Å². The van der Waals surface area contributed by atoms with E-state index in [-0.39, 0.29) is 24.5 Å². The van der Waals surface area contributed by atoms with E-state index in [2.05, 4.69) is 15.4 Å². The average molecular weight is 480 g/mol. The van der Waals surface area contributed by atoms with Crippen LogP contribution in [0.25, 0.3) is 0 Å². The van der Waals surface area contributed by atoms with Crippen LogP contribution in [0.3, 0.4) is 0 Å². The van der Waals surface area contributed by atoms with Crippen molar-refractivity contribution in [2.45, 2.75) is 31.5 Å². The predicted molar refractivity (Wildman–Crippen MR) is 125 cm³/mol. The first-order valence-corrected chi connectivity index (χ1v) is 12.1. The molecule has 0 aliphatic heterocycles. The van der Waals surface area contributed by atoms with Gasteiger partial charge in [0.05, 0.1) is 30.8 Å². The summed E-state index contributed by atoms with van der Waals surface area (Å²) in [4.78, 5) is 16.7. The monoisotopic (exact) mass is 479 g/mol. The van der Waals surface area contributed by atoms with Crippen molar-refractivity contribution in [3.8, 4) is 0 Å². The summed E-state index contributed by atoms with van der Waals surface area (Å²) in [5.41, 5.74) is 2.89. The molecule has 10 heteroatoms. The molecule has 0 bridgehead atoms. The minimum atomic E-state index is -3.90. The molecule has 2 aromatic heterocycles. The maximum absolute atomic E-state index is 13.2.